The fourth-order valence-electron chi connectivity index (χ4n) is 6.59. The second-order valence-corrected chi connectivity index (χ2v) is 18.6. The molecule has 18 heteroatoms. The molecule has 1 aromatic carbocycles. The van der Waals surface area contributed by atoms with Crippen LogP contribution in [-0.2, 0) is 44.2 Å². The van der Waals surface area contributed by atoms with Crippen LogP contribution in [-0.4, -0.2) is 97.2 Å². The minimum absolute atomic E-state index is 0.114. The van der Waals surface area contributed by atoms with E-state index in [1.807, 2.05) is 0 Å². The number of carbonyl (C=O) groups is 4. The molecule has 0 bridgehead atoms. The van der Waals surface area contributed by atoms with Crippen LogP contribution in [0.5, 0.6) is 11.5 Å². The maximum Gasteiger partial charge on any atom is 0.469 e. The number of esters is 2. The van der Waals surface area contributed by atoms with Gasteiger partial charge < -0.3 is 56.3 Å². The lowest BCUT2D eigenvalue weighted by atomic mass is 10.1. The number of aliphatic hydroxyl groups excluding tert-OH is 1. The summed E-state index contributed by atoms with van der Waals surface area (Å²) in [7, 11) is -4.75. The summed E-state index contributed by atoms with van der Waals surface area (Å²) >= 11 is 0. The molecule has 0 radical (unpaired) electrons. The third-order valence-corrected chi connectivity index (χ3v) is 11.3. The molecule has 11 N–H and O–H groups in total. The summed E-state index contributed by atoms with van der Waals surface area (Å²) in [5, 5.41) is 42.5. The molecular formula is C51H91N2O15P. The SMILES string of the molecule is CCCCCCCC/C=C\CCCCCCCC(=O)OCC(COP(=O)(O)O)OC(=O)CCCCCCC/C=C\CCCCCCCC.NC(CO)C(=O)O.NC(Cc1ccc(O)c(O)c1)C(=O)O. The molecule has 400 valence electrons. The molecule has 0 aromatic heterocycles. The average Bonchev–Trinajstić information content (AvgIpc) is 3.30. The highest BCUT2D eigenvalue weighted by molar-refractivity contribution is 7.46. The zero-order chi connectivity index (χ0) is 52.0. The maximum atomic E-state index is 12.4. The first kappa shape index (κ1) is 67.2. The largest absolute Gasteiger partial charge is 0.504 e. The normalized spacial score (nSPS) is 12.7. The number of aliphatic carboxylic acids is 2. The van der Waals surface area contributed by atoms with E-state index in [0.29, 0.717) is 18.4 Å². The van der Waals surface area contributed by atoms with Gasteiger partial charge in [0.05, 0.1) is 13.2 Å². The van der Waals surface area contributed by atoms with Crippen molar-refractivity contribution in [2.75, 3.05) is 19.8 Å². The smallest absolute Gasteiger partial charge is 0.469 e. The number of carbonyl (C=O) groups excluding carboxylic acids is 2. The van der Waals surface area contributed by atoms with Gasteiger partial charge in [0.1, 0.15) is 18.7 Å². The average molecular weight is 1000 g/mol. The van der Waals surface area contributed by atoms with Crippen molar-refractivity contribution >= 4 is 31.7 Å². The number of phenols is 2. The molecule has 0 saturated carbocycles. The Bertz CT molecular complexity index is 1550. The van der Waals surface area contributed by atoms with Crippen molar-refractivity contribution in [2.45, 2.75) is 218 Å². The molecule has 1 rings (SSSR count). The highest BCUT2D eigenvalue weighted by Crippen LogP contribution is 2.36. The summed E-state index contributed by atoms with van der Waals surface area (Å²) in [4.78, 5) is 62.8. The Balaban J connectivity index is 0. The zero-order valence-corrected chi connectivity index (χ0v) is 42.8. The van der Waals surface area contributed by atoms with Crippen molar-refractivity contribution in [2.24, 2.45) is 11.5 Å². The van der Waals surface area contributed by atoms with Crippen LogP contribution in [0.2, 0.25) is 0 Å². The second-order valence-electron chi connectivity index (χ2n) is 17.3. The third kappa shape index (κ3) is 47.6. The number of allylic oxidation sites excluding steroid dienone is 4. The first-order valence-corrected chi connectivity index (χ1v) is 26.9. The van der Waals surface area contributed by atoms with Crippen LogP contribution < -0.4 is 11.5 Å². The quantitative estimate of drug-likeness (QED) is 0.00968. The Morgan fingerprint density at radius 3 is 1.36 bits per heavy atom. The minimum Gasteiger partial charge on any atom is -0.504 e. The van der Waals surface area contributed by atoms with E-state index in [4.69, 9.17) is 56.3 Å². The molecule has 0 saturated heterocycles. The van der Waals surface area contributed by atoms with Crippen molar-refractivity contribution in [1.82, 2.24) is 0 Å². The van der Waals surface area contributed by atoms with Gasteiger partial charge in [0, 0.05) is 12.8 Å². The number of rotatable bonds is 41. The van der Waals surface area contributed by atoms with Crippen LogP contribution in [0.25, 0.3) is 0 Å². The number of phosphoric acid groups is 1. The van der Waals surface area contributed by atoms with E-state index in [9.17, 15) is 23.7 Å². The summed E-state index contributed by atoms with van der Waals surface area (Å²) in [6.45, 7) is 3.15. The molecule has 3 unspecified atom stereocenters. The molecule has 0 heterocycles. The van der Waals surface area contributed by atoms with Crippen LogP contribution in [0.3, 0.4) is 0 Å². The van der Waals surface area contributed by atoms with Crippen LogP contribution in [0.1, 0.15) is 199 Å². The summed E-state index contributed by atoms with van der Waals surface area (Å²) < 4.78 is 26.3. The van der Waals surface area contributed by atoms with Gasteiger partial charge in [-0.05, 0) is 88.3 Å². The lowest BCUT2D eigenvalue weighted by molar-refractivity contribution is -0.161. The molecule has 3 atom stereocenters. The van der Waals surface area contributed by atoms with Crippen molar-refractivity contribution in [3.63, 3.8) is 0 Å². The number of hydrogen-bond donors (Lipinski definition) is 9. The van der Waals surface area contributed by atoms with Gasteiger partial charge >= 0.3 is 31.7 Å². The van der Waals surface area contributed by atoms with E-state index >= 15 is 0 Å². The Hall–Kier alpha value is -3.83. The summed E-state index contributed by atoms with van der Waals surface area (Å²) in [5.41, 5.74) is 10.6. The van der Waals surface area contributed by atoms with Gasteiger partial charge in [0.2, 0.25) is 0 Å². The van der Waals surface area contributed by atoms with E-state index in [-0.39, 0.29) is 37.4 Å². The van der Waals surface area contributed by atoms with Gasteiger partial charge in [-0.1, -0.05) is 147 Å². The number of phosphoric ester groups is 1. The Labute approximate surface area is 412 Å². The number of unbranched alkanes of at least 4 members (excludes halogenated alkanes) is 22. The third-order valence-electron chi connectivity index (χ3n) is 10.8. The highest BCUT2D eigenvalue weighted by atomic mass is 31.2. The van der Waals surface area contributed by atoms with E-state index < -0.39 is 63.1 Å². The Kier molecular flexibility index (Phi) is 45.4. The lowest BCUT2D eigenvalue weighted by Gasteiger charge is -2.18. The van der Waals surface area contributed by atoms with Crippen LogP contribution in [0, 0.1) is 0 Å². The monoisotopic (exact) mass is 1000 g/mol. The predicted molar refractivity (Wildman–Crippen MR) is 270 cm³/mol. The van der Waals surface area contributed by atoms with Crippen LogP contribution >= 0.6 is 7.82 Å². The maximum absolute atomic E-state index is 12.4. The number of aromatic hydroxyl groups is 2. The topological polar surface area (TPSA) is 307 Å². The number of phenolic OH excluding ortho intramolecular Hbond substituents is 2. The Morgan fingerprint density at radius 2 is 0.986 bits per heavy atom. The predicted octanol–water partition coefficient (Wildman–Crippen LogP) is 10.1. The summed E-state index contributed by atoms with van der Waals surface area (Å²) in [5.74, 6) is -3.69. The minimum atomic E-state index is -4.75. The molecule has 0 fully saturated rings. The number of carboxylic acids is 2. The van der Waals surface area contributed by atoms with E-state index in [1.54, 1.807) is 0 Å². The van der Waals surface area contributed by atoms with Gasteiger partial charge in [-0.15, -0.1) is 0 Å². The van der Waals surface area contributed by atoms with Gasteiger partial charge in [0.25, 0.3) is 0 Å². The number of aliphatic hydroxyl groups is 1. The first-order chi connectivity index (χ1) is 33.0. The zero-order valence-electron chi connectivity index (χ0n) is 41.9. The number of nitrogens with two attached hydrogens (primary N) is 2. The number of carboxylic acid groups (broad SMARTS) is 2. The van der Waals surface area contributed by atoms with Gasteiger partial charge in [-0.25, -0.2) is 4.57 Å². The van der Waals surface area contributed by atoms with Crippen molar-refractivity contribution in [3.8, 4) is 11.5 Å². The molecule has 0 amide bonds. The molecule has 69 heavy (non-hydrogen) atoms. The summed E-state index contributed by atoms with van der Waals surface area (Å²) in [6.07, 6.45) is 39.1. The Morgan fingerprint density at radius 1 is 0.580 bits per heavy atom. The molecule has 0 aliphatic rings. The first-order valence-electron chi connectivity index (χ1n) is 25.4. The molecular weight excluding hydrogens is 912 g/mol. The number of benzene rings is 1. The van der Waals surface area contributed by atoms with E-state index in [0.717, 1.165) is 64.2 Å². The molecule has 0 spiro atoms. The highest BCUT2D eigenvalue weighted by Gasteiger charge is 2.23. The lowest BCUT2D eigenvalue weighted by Crippen LogP contribution is -2.33. The van der Waals surface area contributed by atoms with Crippen LogP contribution in [0.15, 0.2) is 42.5 Å². The fraction of sp³-hybridized carbons (Fsp3) is 0.725. The van der Waals surface area contributed by atoms with E-state index in [2.05, 4.69) is 42.7 Å². The van der Waals surface area contributed by atoms with Crippen molar-refractivity contribution in [3.05, 3.63) is 48.1 Å². The molecule has 0 aliphatic heterocycles. The standard InChI is InChI=1S/C39H73O8P.C9H11NO4.C3H7NO3/c1-3-5-7-9-11-13-15-17-19-21-23-25-27-29-31-33-38(40)45-35-37(36-46-48(42,43)44)47-39(41)34-32-30-28-26-24-22-20-18-16-14-12-10-8-6-4-2;10-6(9(13)14)3-5-1-2-7(11)8(12)4-5;4-2(1-5)3(6)7/h17-20,37H,3-16,21-36H2,1-2H3,(H2,42,43,44);1-2,4,6,11-12H,3,10H2,(H,13,14);2,5H,1,4H2,(H,6,7)/b19-17-,20-18-;;. The number of ether oxygens (including phenoxy) is 2. The van der Waals surface area contributed by atoms with Gasteiger partial charge in [-0.3, -0.25) is 23.7 Å². The summed E-state index contributed by atoms with van der Waals surface area (Å²) in [6, 6.07) is 1.97. The molecule has 0 aliphatic carbocycles. The van der Waals surface area contributed by atoms with Crippen LogP contribution in [0.4, 0.5) is 0 Å². The van der Waals surface area contributed by atoms with E-state index in [1.165, 1.54) is 108 Å². The van der Waals surface area contributed by atoms with Crippen molar-refractivity contribution < 1.29 is 73.1 Å². The fourth-order valence-corrected chi connectivity index (χ4v) is 6.96. The van der Waals surface area contributed by atoms with Gasteiger partial charge in [-0.2, -0.15) is 0 Å². The molecule has 1 aromatic rings. The molecule has 17 nitrogen and oxygen atoms in total. The van der Waals surface area contributed by atoms with Crippen molar-refractivity contribution in [1.29, 1.82) is 0 Å². The van der Waals surface area contributed by atoms with Gasteiger partial charge in [0.15, 0.2) is 17.6 Å². The second kappa shape index (κ2) is 46.5. The number of hydrogen-bond acceptors (Lipinski definition) is 13.